The molecule has 3 heterocycles. The van der Waals surface area contributed by atoms with Crippen LogP contribution in [-0.4, -0.2) is 11.7 Å². The molecule has 0 spiro atoms. The fourth-order valence-corrected chi connectivity index (χ4v) is 13.6. The van der Waals surface area contributed by atoms with Crippen LogP contribution in [0.2, 0.25) is 0 Å². The topological polar surface area (TPSA) is 19.4 Å². The Hall–Kier alpha value is -9.77. The Morgan fingerprint density at radius 2 is 0.667 bits per heavy atom. The molecule has 0 amide bonds. The van der Waals surface area contributed by atoms with Crippen LogP contribution < -0.4 is 26.2 Å². The molecule has 1 aromatic heterocycles. The minimum atomic E-state index is -0.151. The summed E-state index contributed by atoms with van der Waals surface area (Å²) in [5.41, 5.74) is 34.4. The first-order valence-electron chi connectivity index (χ1n) is 28.3. The van der Waals surface area contributed by atoms with Crippen molar-refractivity contribution in [1.29, 1.82) is 0 Å². The average Bonchev–Trinajstić information content (AvgIpc) is 3.29. The van der Waals surface area contributed by atoms with Crippen molar-refractivity contribution >= 4 is 57.2 Å². The molecule has 0 unspecified atom stereocenters. The lowest BCUT2D eigenvalue weighted by atomic mass is 9.33. The average molecular weight is 1040 g/mol. The zero-order valence-electron chi connectivity index (χ0n) is 46.7. The van der Waals surface area contributed by atoms with Crippen molar-refractivity contribution in [3.05, 3.63) is 288 Å². The van der Waals surface area contributed by atoms with Crippen molar-refractivity contribution in [2.45, 2.75) is 41.5 Å². The third kappa shape index (κ3) is 8.67. The molecule has 3 nitrogen and oxygen atoms in total. The number of nitrogens with zero attached hydrogens (tertiary/aromatic N) is 3. The van der Waals surface area contributed by atoms with Gasteiger partial charge in [-0.25, -0.2) is 0 Å². The fourth-order valence-electron chi connectivity index (χ4n) is 13.6. The summed E-state index contributed by atoms with van der Waals surface area (Å²) in [6, 6.07) is 92.5. The van der Waals surface area contributed by atoms with Crippen LogP contribution in [-0.2, 0) is 0 Å². The van der Waals surface area contributed by atoms with E-state index in [2.05, 4.69) is 300 Å². The van der Waals surface area contributed by atoms with E-state index in [4.69, 9.17) is 4.98 Å². The maximum atomic E-state index is 5.30. The molecular weight excluding hydrogens is 978 g/mol. The van der Waals surface area contributed by atoms with Crippen molar-refractivity contribution in [3.63, 3.8) is 0 Å². The van der Waals surface area contributed by atoms with Gasteiger partial charge in [0, 0.05) is 51.4 Å². The monoisotopic (exact) mass is 1040 g/mol. The third-order valence-corrected chi connectivity index (χ3v) is 16.8. The van der Waals surface area contributed by atoms with Gasteiger partial charge in [-0.2, -0.15) is 0 Å². The Morgan fingerprint density at radius 1 is 0.296 bits per heavy atom. The van der Waals surface area contributed by atoms with Gasteiger partial charge in [0.1, 0.15) is 0 Å². The first-order valence-corrected chi connectivity index (χ1v) is 28.3. The van der Waals surface area contributed by atoms with Gasteiger partial charge >= 0.3 is 0 Å². The van der Waals surface area contributed by atoms with Crippen molar-refractivity contribution in [2.24, 2.45) is 0 Å². The van der Waals surface area contributed by atoms with E-state index in [0.29, 0.717) is 0 Å². The normalized spacial score (nSPS) is 12.2. The second kappa shape index (κ2) is 20.2. The molecule has 0 bridgehead atoms. The largest absolute Gasteiger partial charge is 0.311 e. The number of hydrogen-bond donors (Lipinski definition) is 0. The van der Waals surface area contributed by atoms with Crippen LogP contribution >= 0.6 is 0 Å². The zero-order valence-corrected chi connectivity index (χ0v) is 46.7. The number of anilines is 6. The van der Waals surface area contributed by atoms with Gasteiger partial charge in [-0.15, -0.1) is 0 Å². The number of fused-ring (bicyclic) bond motifs is 4. The molecule has 0 fully saturated rings. The molecule has 0 atom stereocenters. The lowest BCUT2D eigenvalue weighted by molar-refractivity contribution is 1.25. The Balaban J connectivity index is 1.12. The quantitative estimate of drug-likeness (QED) is 0.134. The molecule has 0 aliphatic carbocycles. The van der Waals surface area contributed by atoms with Gasteiger partial charge in [0.25, 0.3) is 6.71 Å². The van der Waals surface area contributed by atoms with Crippen LogP contribution in [0.15, 0.2) is 255 Å². The van der Waals surface area contributed by atoms with E-state index in [0.717, 1.165) is 67.6 Å². The minimum Gasteiger partial charge on any atom is -0.311 e. The Morgan fingerprint density at radius 3 is 1.09 bits per heavy atom. The van der Waals surface area contributed by atoms with E-state index in [-0.39, 0.29) is 6.71 Å². The van der Waals surface area contributed by atoms with Gasteiger partial charge in [0.2, 0.25) is 0 Å². The molecule has 11 aromatic carbocycles. The predicted octanol–water partition coefficient (Wildman–Crippen LogP) is 18.7. The Bertz CT molecular complexity index is 4060. The number of benzene rings is 11. The van der Waals surface area contributed by atoms with E-state index < -0.39 is 0 Å². The smallest absolute Gasteiger partial charge is 0.252 e. The Kier molecular flexibility index (Phi) is 12.3. The molecule has 0 radical (unpaired) electrons. The Labute approximate surface area is 477 Å². The molecule has 0 saturated carbocycles. The highest BCUT2D eigenvalue weighted by atomic mass is 15.2. The van der Waals surface area contributed by atoms with Gasteiger partial charge < -0.3 is 9.80 Å². The standard InChI is InChI=1S/C77H60BN3/c1-49-41-51(3)73(52(4)42-49)61-31-37-69-67(45-61)78-68-46-62(74-53(5)43-50(2)44-54(74)6)32-38-70(68)81(65-35-29-58(30-36-65)56-21-13-8-14-22-56)72-48-63(47-71(76(72)78)80(69)64-33-27-57(28-34-64)55-19-11-7-12-20-55)75-66(59-23-15-9-16-24-59)39-40-79-77(75)60-25-17-10-18-26-60/h7-48H,1-6H3. The van der Waals surface area contributed by atoms with Gasteiger partial charge in [-0.3, -0.25) is 4.98 Å². The lowest BCUT2D eigenvalue weighted by Gasteiger charge is -2.45. The summed E-state index contributed by atoms with van der Waals surface area (Å²) in [7, 11) is 0. The van der Waals surface area contributed by atoms with Crippen molar-refractivity contribution in [1.82, 2.24) is 4.98 Å². The van der Waals surface area contributed by atoms with Crippen LogP contribution in [0.25, 0.3) is 78.0 Å². The van der Waals surface area contributed by atoms with Crippen LogP contribution in [0.3, 0.4) is 0 Å². The van der Waals surface area contributed by atoms with Crippen LogP contribution in [0.1, 0.15) is 33.4 Å². The summed E-state index contributed by atoms with van der Waals surface area (Å²) < 4.78 is 0. The van der Waals surface area contributed by atoms with E-state index in [1.807, 2.05) is 6.20 Å². The number of hydrogen-bond acceptors (Lipinski definition) is 3. The summed E-state index contributed by atoms with van der Waals surface area (Å²) in [5, 5.41) is 0. The van der Waals surface area contributed by atoms with E-state index in [1.165, 1.54) is 94.3 Å². The van der Waals surface area contributed by atoms with Crippen molar-refractivity contribution in [2.75, 3.05) is 9.80 Å². The van der Waals surface area contributed by atoms with Gasteiger partial charge in [0.15, 0.2) is 0 Å². The molecule has 12 aromatic rings. The molecule has 386 valence electrons. The minimum absolute atomic E-state index is 0.151. The van der Waals surface area contributed by atoms with E-state index >= 15 is 0 Å². The highest BCUT2D eigenvalue weighted by Crippen LogP contribution is 2.50. The summed E-state index contributed by atoms with van der Waals surface area (Å²) in [4.78, 5) is 10.4. The second-order valence-electron chi connectivity index (χ2n) is 22.3. The van der Waals surface area contributed by atoms with Gasteiger partial charge in [0.05, 0.1) is 5.69 Å². The lowest BCUT2D eigenvalue weighted by Crippen LogP contribution is -2.61. The highest BCUT2D eigenvalue weighted by molar-refractivity contribution is 7.00. The summed E-state index contributed by atoms with van der Waals surface area (Å²) in [6.45, 7) is 13.3. The first kappa shape index (κ1) is 49.5. The number of pyridine rings is 1. The molecule has 2 aliphatic heterocycles. The SMILES string of the molecule is Cc1cc(C)c(-c2ccc3c(c2)B2c4cc(-c5c(C)cc(C)cc5C)ccc4N(c4ccc(-c5ccccc5)cc4)c4cc(-c5c(-c6ccccc6)ccnc5-c5ccccc5)cc(c42)N3c2ccc(-c3ccccc3)cc2)c(C)c1. The molecule has 0 saturated heterocycles. The van der Waals surface area contributed by atoms with Crippen molar-refractivity contribution in [3.8, 4) is 78.0 Å². The molecule has 0 N–H and O–H groups in total. The maximum Gasteiger partial charge on any atom is 0.252 e. The summed E-state index contributed by atoms with van der Waals surface area (Å²) in [6.07, 6.45) is 1.98. The fraction of sp³-hybridized carbons (Fsp3) is 0.0779. The van der Waals surface area contributed by atoms with E-state index in [1.54, 1.807) is 0 Å². The molecular formula is C77H60BN3. The number of rotatable bonds is 9. The molecule has 2 aliphatic rings. The van der Waals surface area contributed by atoms with Crippen LogP contribution in [0.4, 0.5) is 34.1 Å². The van der Waals surface area contributed by atoms with Crippen LogP contribution in [0, 0.1) is 41.5 Å². The molecule has 14 rings (SSSR count). The second-order valence-corrected chi connectivity index (χ2v) is 22.3. The highest BCUT2D eigenvalue weighted by Gasteiger charge is 2.44. The molecule has 81 heavy (non-hydrogen) atoms. The third-order valence-electron chi connectivity index (χ3n) is 16.8. The van der Waals surface area contributed by atoms with Gasteiger partial charge in [-0.1, -0.05) is 205 Å². The summed E-state index contributed by atoms with van der Waals surface area (Å²) >= 11 is 0. The van der Waals surface area contributed by atoms with Crippen molar-refractivity contribution < 1.29 is 0 Å². The number of aromatic nitrogens is 1. The zero-order chi connectivity index (χ0) is 54.9. The van der Waals surface area contributed by atoms with E-state index in [9.17, 15) is 0 Å². The maximum absolute atomic E-state index is 5.30. The van der Waals surface area contributed by atoms with Gasteiger partial charge in [-0.05, 0) is 196 Å². The number of aryl methyl sites for hydroxylation is 6. The summed E-state index contributed by atoms with van der Waals surface area (Å²) in [5.74, 6) is 0. The van der Waals surface area contributed by atoms with Crippen LogP contribution in [0.5, 0.6) is 0 Å². The first-order chi connectivity index (χ1) is 39.6. The predicted molar refractivity (Wildman–Crippen MR) is 345 cm³/mol. The molecule has 4 heteroatoms.